The molecule has 0 saturated carbocycles. The third kappa shape index (κ3) is 4.58. The number of ether oxygens (including phenoxy) is 2. The molecule has 1 aromatic carbocycles. The largest absolute Gasteiger partial charge is 0.496 e. The molecule has 7 heteroatoms. The molecule has 2 rings (SSSR count). The van der Waals surface area contributed by atoms with E-state index in [4.69, 9.17) is 9.47 Å². The fourth-order valence-corrected chi connectivity index (χ4v) is 2.39. The van der Waals surface area contributed by atoms with Crippen LogP contribution in [-0.2, 0) is 9.53 Å². The molecule has 0 radical (unpaired) electrons. The van der Waals surface area contributed by atoms with Gasteiger partial charge in [-0.15, -0.1) is 12.4 Å². The Bertz CT molecular complexity index is 486. The molecular formula is C15H23ClN2O4. The smallest absolute Gasteiger partial charge is 0.239 e. The van der Waals surface area contributed by atoms with Crippen LogP contribution in [0.3, 0.4) is 0 Å². The highest BCUT2D eigenvalue weighted by Crippen LogP contribution is 2.24. The molecule has 1 aliphatic rings. The average Bonchev–Trinajstić information content (AvgIpc) is 2.52. The van der Waals surface area contributed by atoms with Crippen LogP contribution in [0.25, 0.3) is 0 Å². The minimum Gasteiger partial charge on any atom is -0.496 e. The third-order valence-corrected chi connectivity index (χ3v) is 3.57. The van der Waals surface area contributed by atoms with Gasteiger partial charge in [0.15, 0.2) is 0 Å². The molecule has 22 heavy (non-hydrogen) atoms. The van der Waals surface area contributed by atoms with Crippen LogP contribution >= 0.6 is 12.4 Å². The molecular weight excluding hydrogens is 308 g/mol. The number of aliphatic hydroxyl groups is 1. The highest BCUT2D eigenvalue weighted by Gasteiger charge is 2.28. The van der Waals surface area contributed by atoms with Crippen LogP contribution in [0.4, 0.5) is 0 Å². The van der Waals surface area contributed by atoms with Gasteiger partial charge in [0.25, 0.3) is 0 Å². The minimum atomic E-state index is -0.815. The lowest BCUT2D eigenvalue weighted by molar-refractivity contribution is -0.129. The average molecular weight is 331 g/mol. The number of carbonyl (C=O) groups excluding carboxylic acids is 1. The molecule has 0 aliphatic carbocycles. The number of hydrogen-bond acceptors (Lipinski definition) is 5. The van der Waals surface area contributed by atoms with Gasteiger partial charge in [0, 0.05) is 18.7 Å². The standard InChI is InChI=1S/C15H22N2O4.ClH/c1-10-14(16-7-8-21-10)15(19)17-9-12(18)11-5-3-4-6-13(11)20-2;/h3-6,10,12,14,16,18H,7-9H2,1-2H3,(H,17,19);1H/t10-,12?,14+;/m1./s1. The molecule has 3 atom stereocenters. The van der Waals surface area contributed by atoms with Crippen molar-refractivity contribution in [3.05, 3.63) is 29.8 Å². The van der Waals surface area contributed by atoms with Gasteiger partial charge in [-0.3, -0.25) is 4.79 Å². The van der Waals surface area contributed by atoms with Crippen molar-refractivity contribution in [2.45, 2.75) is 25.2 Å². The number of benzene rings is 1. The summed E-state index contributed by atoms with van der Waals surface area (Å²) in [5.41, 5.74) is 0.654. The third-order valence-electron chi connectivity index (χ3n) is 3.57. The van der Waals surface area contributed by atoms with E-state index in [1.54, 1.807) is 19.2 Å². The maximum Gasteiger partial charge on any atom is 0.239 e. The van der Waals surface area contributed by atoms with Gasteiger partial charge in [0.2, 0.25) is 5.91 Å². The van der Waals surface area contributed by atoms with Gasteiger partial charge in [-0.25, -0.2) is 0 Å². The van der Waals surface area contributed by atoms with Crippen molar-refractivity contribution in [1.82, 2.24) is 10.6 Å². The van der Waals surface area contributed by atoms with Crippen molar-refractivity contribution in [3.63, 3.8) is 0 Å². The number of aliphatic hydroxyl groups excluding tert-OH is 1. The Hall–Kier alpha value is -1.34. The van der Waals surface area contributed by atoms with E-state index >= 15 is 0 Å². The SMILES string of the molecule is COc1ccccc1C(O)CNC(=O)[C@H]1NCCO[C@@H]1C.Cl. The van der Waals surface area contributed by atoms with E-state index in [9.17, 15) is 9.90 Å². The van der Waals surface area contributed by atoms with Crippen LogP contribution in [-0.4, -0.2) is 50.0 Å². The molecule has 0 spiro atoms. The Morgan fingerprint density at radius 3 is 2.95 bits per heavy atom. The number of rotatable bonds is 5. The minimum absolute atomic E-state index is 0. The van der Waals surface area contributed by atoms with Crippen LogP contribution in [0.2, 0.25) is 0 Å². The zero-order valence-corrected chi connectivity index (χ0v) is 13.6. The van der Waals surface area contributed by atoms with Gasteiger partial charge in [-0.2, -0.15) is 0 Å². The summed E-state index contributed by atoms with van der Waals surface area (Å²) in [5, 5.41) is 16.1. The topological polar surface area (TPSA) is 79.8 Å². The van der Waals surface area contributed by atoms with Crippen molar-refractivity contribution < 1.29 is 19.4 Å². The molecule has 0 bridgehead atoms. The number of para-hydroxylation sites is 1. The zero-order chi connectivity index (χ0) is 15.2. The number of methoxy groups -OCH3 is 1. The summed E-state index contributed by atoms with van der Waals surface area (Å²) in [6, 6.07) is 6.82. The summed E-state index contributed by atoms with van der Waals surface area (Å²) in [4.78, 5) is 12.1. The molecule has 1 saturated heterocycles. The molecule has 6 nitrogen and oxygen atoms in total. The maximum absolute atomic E-state index is 12.1. The molecule has 1 amide bonds. The lowest BCUT2D eigenvalue weighted by Crippen LogP contribution is -2.55. The molecule has 1 unspecified atom stereocenters. The Balaban J connectivity index is 0.00000242. The van der Waals surface area contributed by atoms with Gasteiger partial charge in [-0.1, -0.05) is 18.2 Å². The van der Waals surface area contributed by atoms with Crippen molar-refractivity contribution in [2.24, 2.45) is 0 Å². The molecule has 3 N–H and O–H groups in total. The first-order chi connectivity index (χ1) is 10.1. The van der Waals surface area contributed by atoms with Crippen molar-refractivity contribution in [3.8, 4) is 5.75 Å². The second-order valence-corrected chi connectivity index (χ2v) is 5.01. The summed E-state index contributed by atoms with van der Waals surface area (Å²) < 4.78 is 10.6. The predicted molar refractivity (Wildman–Crippen MR) is 85.4 cm³/mol. The normalized spacial score (nSPS) is 22.3. The highest BCUT2D eigenvalue weighted by atomic mass is 35.5. The number of amides is 1. The van der Waals surface area contributed by atoms with Crippen molar-refractivity contribution in [1.29, 1.82) is 0 Å². The molecule has 1 fully saturated rings. The summed E-state index contributed by atoms with van der Waals surface area (Å²) >= 11 is 0. The quantitative estimate of drug-likeness (QED) is 0.738. The van der Waals surface area contributed by atoms with Gasteiger partial charge < -0.3 is 25.2 Å². The van der Waals surface area contributed by atoms with Crippen LogP contribution in [0, 0.1) is 0 Å². The van der Waals surface area contributed by atoms with Crippen LogP contribution in [0.15, 0.2) is 24.3 Å². The monoisotopic (exact) mass is 330 g/mol. The van der Waals surface area contributed by atoms with E-state index in [0.717, 1.165) is 0 Å². The van der Waals surface area contributed by atoms with E-state index in [-0.39, 0.29) is 37.0 Å². The summed E-state index contributed by atoms with van der Waals surface area (Å²) in [5.74, 6) is 0.433. The molecule has 1 aromatic rings. The van der Waals surface area contributed by atoms with E-state index in [0.29, 0.717) is 24.5 Å². The van der Waals surface area contributed by atoms with Gasteiger partial charge in [0.1, 0.15) is 11.8 Å². The van der Waals surface area contributed by atoms with Gasteiger partial charge in [-0.05, 0) is 13.0 Å². The van der Waals surface area contributed by atoms with Crippen molar-refractivity contribution >= 4 is 18.3 Å². The van der Waals surface area contributed by atoms with Crippen LogP contribution < -0.4 is 15.4 Å². The van der Waals surface area contributed by atoms with E-state index in [2.05, 4.69) is 10.6 Å². The Labute approximate surface area is 136 Å². The lowest BCUT2D eigenvalue weighted by atomic mass is 10.1. The Morgan fingerprint density at radius 1 is 1.55 bits per heavy atom. The van der Waals surface area contributed by atoms with E-state index in [1.807, 2.05) is 19.1 Å². The predicted octanol–water partition coefficient (Wildman–Crippen LogP) is 0.643. The van der Waals surface area contributed by atoms with Gasteiger partial charge >= 0.3 is 0 Å². The summed E-state index contributed by atoms with van der Waals surface area (Å²) in [6.45, 7) is 3.24. The Kier molecular flexibility index (Phi) is 7.61. The Morgan fingerprint density at radius 2 is 2.27 bits per heavy atom. The van der Waals surface area contributed by atoms with E-state index in [1.165, 1.54) is 0 Å². The van der Waals surface area contributed by atoms with E-state index < -0.39 is 6.10 Å². The highest BCUT2D eigenvalue weighted by molar-refractivity contribution is 5.85. The first-order valence-corrected chi connectivity index (χ1v) is 7.07. The number of halogens is 1. The second kappa shape index (κ2) is 8.95. The number of morpholine rings is 1. The first-order valence-electron chi connectivity index (χ1n) is 7.07. The maximum atomic E-state index is 12.1. The fraction of sp³-hybridized carbons (Fsp3) is 0.533. The zero-order valence-electron chi connectivity index (χ0n) is 12.7. The molecule has 0 aromatic heterocycles. The van der Waals surface area contributed by atoms with Crippen LogP contribution in [0.1, 0.15) is 18.6 Å². The molecule has 1 heterocycles. The van der Waals surface area contributed by atoms with Gasteiger partial charge in [0.05, 0.1) is 25.9 Å². The number of hydrogen-bond donors (Lipinski definition) is 3. The second-order valence-electron chi connectivity index (χ2n) is 5.01. The van der Waals surface area contributed by atoms with Crippen molar-refractivity contribution in [2.75, 3.05) is 26.8 Å². The first kappa shape index (κ1) is 18.7. The number of carbonyl (C=O) groups is 1. The summed E-state index contributed by atoms with van der Waals surface area (Å²) in [7, 11) is 1.55. The summed E-state index contributed by atoms with van der Waals surface area (Å²) in [6.07, 6.45) is -0.993. The molecule has 1 aliphatic heterocycles. The molecule has 124 valence electrons. The van der Waals surface area contributed by atoms with Crippen LogP contribution in [0.5, 0.6) is 5.75 Å². The fourth-order valence-electron chi connectivity index (χ4n) is 2.39. The number of nitrogens with one attached hydrogen (secondary N) is 2. The lowest BCUT2D eigenvalue weighted by Gasteiger charge is -2.29.